The number of hydrogen-bond acceptors (Lipinski definition) is 4. The Kier molecular flexibility index (Phi) is 6.09. The van der Waals surface area contributed by atoms with Crippen LogP contribution >= 0.6 is 11.3 Å². The first-order valence-corrected chi connectivity index (χ1v) is 17.9. The molecule has 7 aromatic carbocycles. The summed E-state index contributed by atoms with van der Waals surface area (Å²) >= 11 is 1.83. The summed E-state index contributed by atoms with van der Waals surface area (Å²) in [5.41, 5.74) is 9.93. The maximum atomic E-state index is 6.44. The minimum atomic E-state index is 0.682. The minimum absolute atomic E-state index is 0.682. The van der Waals surface area contributed by atoms with Crippen molar-refractivity contribution in [2.45, 2.75) is 0 Å². The van der Waals surface area contributed by atoms with Gasteiger partial charge < -0.3 is 8.98 Å². The van der Waals surface area contributed by atoms with Gasteiger partial charge in [0.2, 0.25) is 0 Å². The van der Waals surface area contributed by atoms with E-state index in [0.29, 0.717) is 5.82 Å². The number of para-hydroxylation sites is 2. The second kappa shape index (κ2) is 11.0. The van der Waals surface area contributed by atoms with Crippen LogP contribution in [0.5, 0.6) is 0 Å². The Labute approximate surface area is 296 Å². The number of rotatable bonds is 4. The van der Waals surface area contributed by atoms with Crippen LogP contribution in [0, 0.1) is 0 Å². The van der Waals surface area contributed by atoms with Crippen LogP contribution in [0.1, 0.15) is 0 Å². The van der Waals surface area contributed by atoms with Gasteiger partial charge in [-0.3, -0.25) is 0 Å². The smallest absolute Gasteiger partial charge is 0.160 e. The summed E-state index contributed by atoms with van der Waals surface area (Å²) in [6, 6.07) is 57.6. The topological polar surface area (TPSA) is 43.9 Å². The van der Waals surface area contributed by atoms with Crippen molar-refractivity contribution in [3.8, 4) is 39.6 Å². The first-order chi connectivity index (χ1) is 25.3. The molecule has 0 unspecified atom stereocenters. The average Bonchev–Trinajstić information content (AvgIpc) is 3.87. The van der Waals surface area contributed by atoms with Gasteiger partial charge in [0.25, 0.3) is 0 Å². The molecule has 0 atom stereocenters. The van der Waals surface area contributed by atoms with E-state index in [1.807, 2.05) is 17.4 Å². The molecule has 4 aromatic heterocycles. The van der Waals surface area contributed by atoms with Crippen molar-refractivity contribution >= 4 is 75.3 Å². The standard InChI is InChI=1S/C46H27N3OS/c1-3-11-28(12-4-1)36-27-37(29-20-22-40-35(25-29)44-41(50-40)23-24-43-45(44)34-16-8-10-18-42(34)51-43)48-46(47-36)30-19-21-33-32-15-7-9-17-38(32)49(39(33)26-30)31-13-5-2-6-14-31/h1-27H. The number of furan rings is 1. The van der Waals surface area contributed by atoms with Crippen LogP contribution < -0.4 is 0 Å². The van der Waals surface area contributed by atoms with Crippen LogP contribution in [0.2, 0.25) is 0 Å². The van der Waals surface area contributed by atoms with Gasteiger partial charge in [0, 0.05) is 64.1 Å². The Morgan fingerprint density at radius 1 is 0.431 bits per heavy atom. The highest BCUT2D eigenvalue weighted by atomic mass is 32.1. The predicted molar refractivity (Wildman–Crippen MR) is 213 cm³/mol. The highest BCUT2D eigenvalue weighted by Gasteiger charge is 2.18. The summed E-state index contributed by atoms with van der Waals surface area (Å²) in [5, 5.41) is 7.16. The third kappa shape index (κ3) is 4.38. The molecular weight excluding hydrogens is 643 g/mol. The van der Waals surface area contributed by atoms with E-state index in [4.69, 9.17) is 14.4 Å². The first kappa shape index (κ1) is 28.3. The van der Waals surface area contributed by atoms with E-state index in [1.54, 1.807) is 0 Å². The number of thiophene rings is 1. The summed E-state index contributed by atoms with van der Waals surface area (Å²) < 4.78 is 11.3. The molecule has 0 amide bonds. The molecule has 0 radical (unpaired) electrons. The first-order valence-electron chi connectivity index (χ1n) is 17.1. The zero-order valence-electron chi connectivity index (χ0n) is 27.2. The van der Waals surface area contributed by atoms with Gasteiger partial charge in [0.1, 0.15) is 11.2 Å². The summed E-state index contributed by atoms with van der Waals surface area (Å²) in [6.45, 7) is 0. The van der Waals surface area contributed by atoms with E-state index in [0.717, 1.165) is 61.2 Å². The molecule has 0 bridgehead atoms. The van der Waals surface area contributed by atoms with E-state index >= 15 is 0 Å². The molecule has 0 aliphatic heterocycles. The van der Waals surface area contributed by atoms with Gasteiger partial charge in [0.05, 0.1) is 22.4 Å². The molecular formula is C46H27N3OS. The number of benzene rings is 7. The molecule has 11 aromatic rings. The zero-order valence-corrected chi connectivity index (χ0v) is 28.1. The molecule has 5 heteroatoms. The van der Waals surface area contributed by atoms with Gasteiger partial charge in [-0.25, -0.2) is 9.97 Å². The van der Waals surface area contributed by atoms with Gasteiger partial charge in [0.15, 0.2) is 5.82 Å². The number of fused-ring (bicyclic) bond motifs is 10. The Morgan fingerprint density at radius 2 is 1.12 bits per heavy atom. The van der Waals surface area contributed by atoms with E-state index in [9.17, 15) is 0 Å². The molecule has 11 rings (SSSR count). The lowest BCUT2D eigenvalue weighted by Gasteiger charge is -2.11. The molecule has 4 heterocycles. The zero-order chi connectivity index (χ0) is 33.5. The largest absolute Gasteiger partial charge is 0.456 e. The van der Waals surface area contributed by atoms with Crippen molar-refractivity contribution < 1.29 is 4.42 Å². The van der Waals surface area contributed by atoms with Crippen molar-refractivity contribution in [1.82, 2.24) is 14.5 Å². The molecule has 0 saturated carbocycles. The van der Waals surface area contributed by atoms with E-state index in [-0.39, 0.29) is 0 Å². The van der Waals surface area contributed by atoms with Crippen molar-refractivity contribution in [3.63, 3.8) is 0 Å². The second-order valence-corrected chi connectivity index (χ2v) is 14.1. The fourth-order valence-corrected chi connectivity index (χ4v) is 8.80. The van der Waals surface area contributed by atoms with Gasteiger partial charge in [-0.15, -0.1) is 11.3 Å². The summed E-state index contributed by atoms with van der Waals surface area (Å²) in [7, 11) is 0. The van der Waals surface area contributed by atoms with Crippen molar-refractivity contribution in [3.05, 3.63) is 164 Å². The number of aromatic nitrogens is 3. The number of hydrogen-bond donors (Lipinski definition) is 0. The van der Waals surface area contributed by atoms with Crippen molar-refractivity contribution in [1.29, 1.82) is 0 Å². The Morgan fingerprint density at radius 3 is 1.98 bits per heavy atom. The number of nitrogens with zero attached hydrogens (tertiary/aromatic N) is 3. The summed E-state index contributed by atoms with van der Waals surface area (Å²) in [6.07, 6.45) is 0. The Balaban J connectivity index is 1.15. The van der Waals surface area contributed by atoms with Gasteiger partial charge >= 0.3 is 0 Å². The summed E-state index contributed by atoms with van der Waals surface area (Å²) in [5.74, 6) is 0.682. The molecule has 0 spiro atoms. The van der Waals surface area contributed by atoms with Crippen LogP contribution in [-0.4, -0.2) is 14.5 Å². The van der Waals surface area contributed by atoms with Crippen LogP contribution in [0.15, 0.2) is 168 Å². The van der Waals surface area contributed by atoms with Crippen molar-refractivity contribution in [2.24, 2.45) is 0 Å². The van der Waals surface area contributed by atoms with Gasteiger partial charge in [-0.05, 0) is 66.7 Å². The van der Waals surface area contributed by atoms with Crippen LogP contribution in [0.4, 0.5) is 0 Å². The highest BCUT2D eigenvalue weighted by molar-refractivity contribution is 7.26. The maximum Gasteiger partial charge on any atom is 0.160 e. The van der Waals surface area contributed by atoms with E-state index in [2.05, 4.69) is 162 Å². The Hall–Kier alpha value is -6.56. The van der Waals surface area contributed by atoms with Crippen LogP contribution in [-0.2, 0) is 0 Å². The minimum Gasteiger partial charge on any atom is -0.456 e. The normalized spacial score (nSPS) is 11.9. The predicted octanol–water partition coefficient (Wildman–Crippen LogP) is 12.8. The molecule has 0 aliphatic carbocycles. The van der Waals surface area contributed by atoms with Gasteiger partial charge in [-0.1, -0.05) is 97.1 Å². The quantitative estimate of drug-likeness (QED) is 0.187. The fraction of sp³-hybridized carbons (Fsp3) is 0. The molecule has 0 fully saturated rings. The Bertz CT molecular complexity index is 3140. The third-order valence-electron chi connectivity index (χ3n) is 10.0. The monoisotopic (exact) mass is 669 g/mol. The third-order valence-corrected chi connectivity index (χ3v) is 11.1. The van der Waals surface area contributed by atoms with Crippen LogP contribution in [0.3, 0.4) is 0 Å². The maximum absolute atomic E-state index is 6.44. The summed E-state index contributed by atoms with van der Waals surface area (Å²) in [4.78, 5) is 10.5. The lowest BCUT2D eigenvalue weighted by molar-refractivity contribution is 0.669. The highest BCUT2D eigenvalue weighted by Crippen LogP contribution is 2.43. The second-order valence-electron chi connectivity index (χ2n) is 13.0. The lowest BCUT2D eigenvalue weighted by Crippen LogP contribution is -1.97. The lowest BCUT2D eigenvalue weighted by atomic mass is 10.0. The molecule has 238 valence electrons. The molecule has 0 aliphatic rings. The fourth-order valence-electron chi connectivity index (χ4n) is 7.69. The van der Waals surface area contributed by atoms with E-state index in [1.165, 1.54) is 36.5 Å². The van der Waals surface area contributed by atoms with Crippen LogP contribution in [0.25, 0.3) is 104 Å². The van der Waals surface area contributed by atoms with Crippen molar-refractivity contribution in [2.75, 3.05) is 0 Å². The SMILES string of the molecule is c1ccc(-c2cc(-c3ccc4oc5ccc6sc7ccccc7c6c5c4c3)nc(-c3ccc4c5ccccc5n(-c5ccccc5)c4c3)n2)cc1. The average molecular weight is 670 g/mol. The molecule has 0 saturated heterocycles. The molecule has 4 nitrogen and oxygen atoms in total. The van der Waals surface area contributed by atoms with Gasteiger partial charge in [-0.2, -0.15) is 0 Å². The molecule has 51 heavy (non-hydrogen) atoms. The molecule has 0 N–H and O–H groups in total. The van der Waals surface area contributed by atoms with E-state index < -0.39 is 0 Å².